The largest absolute Gasteiger partial charge is 0.240 e. The first-order chi connectivity index (χ1) is 3.93. The molecule has 0 N–H and O–H groups in total. The second-order valence-electron chi connectivity index (χ2n) is 1.59. The summed E-state index contributed by atoms with van der Waals surface area (Å²) in [5.74, 6) is 2.04. The third-order valence-corrected chi connectivity index (χ3v) is 4.10. The molecule has 0 aromatic heterocycles. The molecule has 0 amide bonds. The van der Waals surface area contributed by atoms with Crippen molar-refractivity contribution in [2.75, 3.05) is 24.6 Å². The van der Waals surface area contributed by atoms with Gasteiger partial charge in [-0.05, 0) is 0 Å². The number of rotatable bonds is 0. The molecular weight excluding hydrogens is 142 g/mol. The van der Waals surface area contributed by atoms with Gasteiger partial charge in [-0.25, -0.2) is 9.53 Å². The van der Waals surface area contributed by atoms with Crippen LogP contribution in [0.5, 0.6) is 0 Å². The van der Waals surface area contributed by atoms with E-state index in [9.17, 15) is 4.21 Å². The summed E-state index contributed by atoms with van der Waals surface area (Å²) >= 11 is 0. The molecule has 0 saturated carbocycles. The molecule has 1 saturated heterocycles. The van der Waals surface area contributed by atoms with Crippen LogP contribution in [-0.2, 0) is 19.7 Å². The van der Waals surface area contributed by atoms with E-state index in [2.05, 4.69) is 5.32 Å². The Hall–Kier alpha value is 0.330. The van der Waals surface area contributed by atoms with E-state index in [1.54, 1.807) is 0 Å². The van der Waals surface area contributed by atoms with Gasteiger partial charge < -0.3 is 0 Å². The van der Waals surface area contributed by atoms with Crippen LogP contribution in [0.2, 0.25) is 0 Å². The third kappa shape index (κ3) is 1.69. The van der Waals surface area contributed by atoms with Gasteiger partial charge in [-0.1, -0.05) is 9.45 Å². The predicted octanol–water partition coefficient (Wildman–Crippen LogP) is -0.649. The molecule has 1 radical (unpaired) electrons. The van der Waals surface area contributed by atoms with Gasteiger partial charge in [0.25, 0.3) is 0 Å². The van der Waals surface area contributed by atoms with Crippen molar-refractivity contribution in [2.24, 2.45) is 0 Å². The molecule has 2 nitrogen and oxygen atoms in total. The van der Waals surface area contributed by atoms with Crippen LogP contribution in [0.1, 0.15) is 0 Å². The summed E-state index contributed by atoms with van der Waals surface area (Å²) in [6.07, 6.45) is 0. The Kier molecular flexibility index (Phi) is 2.72. The Morgan fingerprint density at radius 2 is 2.00 bits per heavy atom. The molecule has 0 spiro atoms. The number of hydrogen-bond donors (Lipinski definition) is 0. The van der Waals surface area contributed by atoms with E-state index in [4.69, 9.17) is 0 Å². The maximum Gasteiger partial charge on any atom is 0.120 e. The summed E-state index contributed by atoms with van der Waals surface area (Å²) in [6, 6.07) is 0. The first-order valence-electron chi connectivity index (χ1n) is 2.54. The van der Waals surface area contributed by atoms with Gasteiger partial charge in [0.2, 0.25) is 0 Å². The molecule has 0 unspecified atom stereocenters. The lowest BCUT2D eigenvalue weighted by Gasteiger charge is -2.09. The zero-order valence-electron chi connectivity index (χ0n) is 4.50. The maximum atomic E-state index is 10.2. The first kappa shape index (κ1) is 6.45. The van der Waals surface area contributed by atoms with Crippen molar-refractivity contribution in [2.45, 2.75) is 0 Å². The lowest BCUT2D eigenvalue weighted by molar-refractivity contribution is 0.700. The first-order valence-corrected chi connectivity index (χ1v) is 5.36. The zero-order valence-corrected chi connectivity index (χ0v) is 6.13. The smallest absolute Gasteiger partial charge is 0.120 e. The predicted molar refractivity (Wildman–Crippen MR) is 37.1 cm³/mol. The van der Waals surface area contributed by atoms with Crippen molar-refractivity contribution in [3.8, 4) is 0 Å². The molecule has 8 heavy (non-hydrogen) atoms. The molecule has 1 heterocycles. The summed E-state index contributed by atoms with van der Waals surface area (Å²) in [4.78, 5) is 0. The van der Waals surface area contributed by atoms with Gasteiger partial charge in [0.05, 0.1) is 0 Å². The van der Waals surface area contributed by atoms with Crippen molar-refractivity contribution < 1.29 is 4.21 Å². The average molecular weight is 150 g/mol. The Morgan fingerprint density at radius 3 is 2.38 bits per heavy atom. The van der Waals surface area contributed by atoms with Gasteiger partial charge in [-0.3, -0.25) is 0 Å². The molecule has 0 aromatic rings. The Bertz CT molecular complexity index is 122. The van der Waals surface area contributed by atoms with E-state index in [-0.39, 0.29) is 9.45 Å². The molecule has 0 aliphatic carbocycles. The highest BCUT2D eigenvalue weighted by molar-refractivity contribution is 8.31. The normalized spacial score (nSPS) is 23.0. The van der Waals surface area contributed by atoms with Crippen molar-refractivity contribution in [1.29, 1.82) is 0 Å². The number of hydrogen-bond acceptors (Lipinski definition) is 1. The second kappa shape index (κ2) is 3.37. The summed E-state index contributed by atoms with van der Waals surface area (Å²) in [5, 5.41) is 4.13. The quantitative estimate of drug-likeness (QED) is 0.451. The van der Waals surface area contributed by atoms with E-state index >= 15 is 0 Å². The van der Waals surface area contributed by atoms with Gasteiger partial charge >= 0.3 is 0 Å². The summed E-state index contributed by atoms with van der Waals surface area (Å²) in [6.45, 7) is 1.83. The summed E-state index contributed by atoms with van der Waals surface area (Å²) in [5.41, 5.74) is 0. The van der Waals surface area contributed by atoms with E-state index in [0.717, 1.165) is 34.8 Å². The van der Waals surface area contributed by atoms with Gasteiger partial charge in [-0.15, -0.1) is 0 Å². The fourth-order valence-electron chi connectivity index (χ4n) is 0.615. The fourth-order valence-corrected chi connectivity index (χ4v) is 2.48. The third-order valence-electron chi connectivity index (χ3n) is 1.05. The lowest BCUT2D eigenvalue weighted by Crippen LogP contribution is -2.26. The molecule has 1 aliphatic heterocycles. The standard InChI is InChI=1S/C4H8NOS2/c6-7-8-3-1-5-2-4-8/h1-4H2. The minimum Gasteiger partial charge on any atom is -0.240 e. The van der Waals surface area contributed by atoms with E-state index in [1.165, 1.54) is 0 Å². The minimum atomic E-state index is 0.116. The van der Waals surface area contributed by atoms with Gasteiger partial charge in [0.15, 0.2) is 0 Å². The monoisotopic (exact) mass is 150 g/mol. The van der Waals surface area contributed by atoms with Crippen LogP contribution >= 0.6 is 0 Å². The van der Waals surface area contributed by atoms with Crippen LogP contribution in [0, 0.1) is 0 Å². The molecule has 1 aliphatic rings. The fraction of sp³-hybridized carbons (Fsp3) is 1.00. The average Bonchev–Trinajstić information content (AvgIpc) is 1.90. The van der Waals surface area contributed by atoms with Crippen molar-refractivity contribution >= 4 is 19.7 Å². The van der Waals surface area contributed by atoms with E-state index in [1.807, 2.05) is 0 Å². The van der Waals surface area contributed by atoms with Crippen molar-refractivity contribution in [3.05, 3.63) is 0 Å². The summed E-state index contributed by atoms with van der Waals surface area (Å²) < 4.78 is 10.2. The SMILES string of the molecule is O=S=S1CC[N]CC1. The Morgan fingerprint density at radius 1 is 1.38 bits per heavy atom. The highest BCUT2D eigenvalue weighted by atomic mass is 32.8. The molecular formula is C4H8NOS2. The Labute approximate surface area is 54.3 Å². The molecule has 1 rings (SSSR count). The Balaban J connectivity index is 2.45. The van der Waals surface area contributed by atoms with E-state index in [0.29, 0.717) is 0 Å². The lowest BCUT2D eigenvalue weighted by atomic mass is 10.6. The van der Waals surface area contributed by atoms with E-state index < -0.39 is 0 Å². The highest BCUT2D eigenvalue weighted by Crippen LogP contribution is 1.88. The van der Waals surface area contributed by atoms with Crippen LogP contribution in [0.3, 0.4) is 0 Å². The van der Waals surface area contributed by atoms with Gasteiger partial charge in [0, 0.05) is 24.6 Å². The maximum absolute atomic E-state index is 10.2. The summed E-state index contributed by atoms with van der Waals surface area (Å²) in [7, 11) is 0.879. The van der Waals surface area contributed by atoms with Gasteiger partial charge in [-0.2, -0.15) is 0 Å². The molecule has 0 aromatic carbocycles. The molecule has 4 heteroatoms. The molecule has 47 valence electrons. The molecule has 1 fully saturated rings. The van der Waals surface area contributed by atoms with Crippen LogP contribution in [0.15, 0.2) is 0 Å². The topological polar surface area (TPSA) is 31.2 Å². The van der Waals surface area contributed by atoms with Crippen LogP contribution in [0.4, 0.5) is 0 Å². The van der Waals surface area contributed by atoms with Crippen LogP contribution in [0.25, 0.3) is 0 Å². The van der Waals surface area contributed by atoms with Crippen LogP contribution in [-0.4, -0.2) is 28.8 Å². The molecule has 0 atom stereocenters. The highest BCUT2D eigenvalue weighted by Gasteiger charge is 2.02. The van der Waals surface area contributed by atoms with Gasteiger partial charge in [0.1, 0.15) is 10.2 Å². The number of nitrogens with zero attached hydrogens (tertiary/aromatic N) is 1. The van der Waals surface area contributed by atoms with Crippen molar-refractivity contribution in [1.82, 2.24) is 5.32 Å². The van der Waals surface area contributed by atoms with Crippen molar-refractivity contribution in [3.63, 3.8) is 0 Å². The van der Waals surface area contributed by atoms with Crippen LogP contribution < -0.4 is 5.32 Å². The zero-order chi connectivity index (χ0) is 5.82. The second-order valence-corrected chi connectivity index (χ2v) is 5.24. The minimum absolute atomic E-state index is 0.116. The molecule has 0 bridgehead atoms.